The SMILES string of the molecule is CCc1ccc(S(=O)(=O)n2cc(Br)cn2)cc1. The molecule has 0 aliphatic carbocycles. The molecular formula is C11H11BrN2O2S. The zero-order valence-corrected chi connectivity index (χ0v) is 11.6. The fraction of sp³-hybridized carbons (Fsp3) is 0.182. The Morgan fingerprint density at radius 3 is 2.41 bits per heavy atom. The smallest absolute Gasteiger partial charge is 0.199 e. The number of halogens is 1. The van der Waals surface area contributed by atoms with Crippen molar-refractivity contribution in [3.05, 3.63) is 46.7 Å². The lowest BCUT2D eigenvalue weighted by atomic mass is 10.2. The summed E-state index contributed by atoms with van der Waals surface area (Å²) in [4.78, 5) is 0.241. The molecule has 0 fully saturated rings. The van der Waals surface area contributed by atoms with Crippen molar-refractivity contribution in [2.45, 2.75) is 18.2 Å². The van der Waals surface area contributed by atoms with Crippen molar-refractivity contribution < 1.29 is 8.42 Å². The van der Waals surface area contributed by atoms with Crippen molar-refractivity contribution in [3.8, 4) is 0 Å². The third-order valence-corrected chi connectivity index (χ3v) is 4.37. The summed E-state index contributed by atoms with van der Waals surface area (Å²) in [6, 6.07) is 6.82. The standard InChI is InChI=1S/C11H11BrN2O2S/c1-2-9-3-5-11(6-4-9)17(15,16)14-8-10(12)7-13-14/h3-8H,2H2,1H3. The summed E-state index contributed by atoms with van der Waals surface area (Å²) in [6.45, 7) is 2.02. The quantitative estimate of drug-likeness (QED) is 0.874. The van der Waals surface area contributed by atoms with Crippen molar-refractivity contribution in [2.24, 2.45) is 0 Å². The maximum absolute atomic E-state index is 12.1. The molecule has 1 heterocycles. The molecule has 0 N–H and O–H groups in total. The van der Waals surface area contributed by atoms with Crippen molar-refractivity contribution >= 4 is 26.0 Å². The lowest BCUT2D eigenvalue weighted by molar-refractivity contribution is 0.580. The molecule has 2 aromatic rings. The molecule has 17 heavy (non-hydrogen) atoms. The Balaban J connectivity index is 2.44. The second kappa shape index (κ2) is 4.62. The van der Waals surface area contributed by atoms with Crippen LogP contribution in [0, 0.1) is 0 Å². The van der Waals surface area contributed by atoms with Crippen LogP contribution in [0.3, 0.4) is 0 Å². The van der Waals surface area contributed by atoms with Gasteiger partial charge in [0.1, 0.15) is 0 Å². The van der Waals surface area contributed by atoms with Crippen LogP contribution in [0.2, 0.25) is 0 Å². The summed E-state index contributed by atoms with van der Waals surface area (Å²) < 4.78 is 25.8. The van der Waals surface area contributed by atoms with Gasteiger partial charge in [-0.15, -0.1) is 0 Å². The minimum atomic E-state index is -3.57. The Morgan fingerprint density at radius 2 is 1.94 bits per heavy atom. The first-order valence-electron chi connectivity index (χ1n) is 5.08. The van der Waals surface area contributed by atoms with E-state index in [1.165, 1.54) is 12.4 Å². The Kier molecular flexibility index (Phi) is 3.35. The molecular weight excluding hydrogens is 304 g/mol. The van der Waals surface area contributed by atoms with Gasteiger partial charge >= 0.3 is 0 Å². The normalized spacial score (nSPS) is 11.6. The van der Waals surface area contributed by atoms with Crippen LogP contribution in [0.1, 0.15) is 12.5 Å². The van der Waals surface area contributed by atoms with E-state index in [9.17, 15) is 8.42 Å². The molecule has 0 spiro atoms. The third-order valence-electron chi connectivity index (χ3n) is 2.40. The van der Waals surface area contributed by atoms with E-state index in [0.717, 1.165) is 16.1 Å². The van der Waals surface area contributed by atoms with E-state index in [4.69, 9.17) is 0 Å². The first-order valence-corrected chi connectivity index (χ1v) is 7.32. The van der Waals surface area contributed by atoms with Crippen LogP contribution in [-0.4, -0.2) is 17.6 Å². The van der Waals surface area contributed by atoms with Gasteiger partial charge in [0, 0.05) is 0 Å². The summed E-state index contributed by atoms with van der Waals surface area (Å²) in [5.74, 6) is 0. The average Bonchev–Trinajstić information content (AvgIpc) is 2.77. The molecule has 0 radical (unpaired) electrons. The lowest BCUT2D eigenvalue weighted by Crippen LogP contribution is -2.13. The van der Waals surface area contributed by atoms with E-state index in [1.54, 1.807) is 12.1 Å². The molecule has 0 bridgehead atoms. The average molecular weight is 315 g/mol. The summed E-state index contributed by atoms with van der Waals surface area (Å²) in [5, 5.41) is 3.79. The van der Waals surface area contributed by atoms with Crippen molar-refractivity contribution in [2.75, 3.05) is 0 Å². The molecule has 1 aromatic carbocycles. The van der Waals surface area contributed by atoms with Gasteiger partial charge in [0.25, 0.3) is 10.0 Å². The molecule has 0 atom stereocenters. The zero-order valence-electron chi connectivity index (χ0n) is 9.17. The van der Waals surface area contributed by atoms with Crippen LogP contribution in [-0.2, 0) is 16.4 Å². The molecule has 4 nitrogen and oxygen atoms in total. The van der Waals surface area contributed by atoms with Gasteiger partial charge in [-0.3, -0.25) is 0 Å². The van der Waals surface area contributed by atoms with Gasteiger partial charge in [-0.25, -0.2) is 0 Å². The number of aryl methyl sites for hydroxylation is 1. The molecule has 0 aliphatic rings. The highest BCUT2D eigenvalue weighted by Gasteiger charge is 2.17. The predicted octanol–water partition coefficient (Wildman–Crippen LogP) is 2.45. The zero-order chi connectivity index (χ0) is 12.5. The monoisotopic (exact) mass is 314 g/mol. The number of hydrogen-bond acceptors (Lipinski definition) is 3. The van der Waals surface area contributed by atoms with Crippen LogP contribution in [0.5, 0.6) is 0 Å². The molecule has 1 aromatic heterocycles. The second-order valence-corrected chi connectivity index (χ2v) is 6.24. The molecule has 2 rings (SSSR count). The van der Waals surface area contributed by atoms with Crippen LogP contribution < -0.4 is 0 Å². The Bertz CT molecular complexity index is 617. The number of benzene rings is 1. The molecule has 0 unspecified atom stereocenters. The first-order chi connectivity index (χ1) is 8.04. The molecule has 90 valence electrons. The van der Waals surface area contributed by atoms with Gasteiger partial charge in [-0.1, -0.05) is 19.1 Å². The predicted molar refractivity (Wildman–Crippen MR) is 68.3 cm³/mol. The number of hydrogen-bond donors (Lipinski definition) is 0. The van der Waals surface area contributed by atoms with E-state index in [2.05, 4.69) is 21.0 Å². The molecule has 0 saturated heterocycles. The first kappa shape index (κ1) is 12.3. The van der Waals surface area contributed by atoms with E-state index in [1.807, 2.05) is 19.1 Å². The Labute approximate surface area is 108 Å². The third kappa shape index (κ3) is 2.42. The van der Waals surface area contributed by atoms with Gasteiger partial charge < -0.3 is 0 Å². The fourth-order valence-electron chi connectivity index (χ4n) is 1.42. The van der Waals surface area contributed by atoms with Crippen molar-refractivity contribution in [1.82, 2.24) is 9.19 Å². The van der Waals surface area contributed by atoms with E-state index in [-0.39, 0.29) is 4.90 Å². The molecule has 0 saturated carbocycles. The summed E-state index contributed by atoms with van der Waals surface area (Å²) >= 11 is 3.17. The topological polar surface area (TPSA) is 52.0 Å². The van der Waals surface area contributed by atoms with Crippen LogP contribution in [0.4, 0.5) is 0 Å². The van der Waals surface area contributed by atoms with E-state index >= 15 is 0 Å². The number of aromatic nitrogens is 2. The highest BCUT2D eigenvalue weighted by atomic mass is 79.9. The highest BCUT2D eigenvalue weighted by molar-refractivity contribution is 9.10. The van der Waals surface area contributed by atoms with Gasteiger partial charge in [0.05, 0.1) is 21.8 Å². The lowest BCUT2D eigenvalue weighted by Gasteiger charge is -2.04. The van der Waals surface area contributed by atoms with Crippen LogP contribution in [0.25, 0.3) is 0 Å². The van der Waals surface area contributed by atoms with E-state index < -0.39 is 10.0 Å². The maximum Gasteiger partial charge on any atom is 0.282 e. The van der Waals surface area contributed by atoms with Crippen molar-refractivity contribution in [1.29, 1.82) is 0 Å². The maximum atomic E-state index is 12.1. The van der Waals surface area contributed by atoms with Gasteiger partial charge in [-0.2, -0.15) is 17.6 Å². The number of nitrogens with zero attached hydrogens (tertiary/aromatic N) is 2. The van der Waals surface area contributed by atoms with Gasteiger partial charge in [-0.05, 0) is 40.0 Å². The molecule has 0 amide bonds. The summed E-state index contributed by atoms with van der Waals surface area (Å²) in [6.07, 6.45) is 3.74. The minimum absolute atomic E-state index is 0.241. The largest absolute Gasteiger partial charge is 0.282 e. The second-order valence-electron chi connectivity index (χ2n) is 3.53. The van der Waals surface area contributed by atoms with Gasteiger partial charge in [0.15, 0.2) is 0 Å². The number of rotatable bonds is 3. The highest BCUT2D eigenvalue weighted by Crippen LogP contribution is 2.16. The summed E-state index contributed by atoms with van der Waals surface area (Å²) in [7, 11) is -3.57. The van der Waals surface area contributed by atoms with Gasteiger partial charge in [0.2, 0.25) is 0 Å². The van der Waals surface area contributed by atoms with E-state index in [0.29, 0.717) is 4.47 Å². The van der Waals surface area contributed by atoms with Crippen LogP contribution in [0.15, 0.2) is 46.0 Å². The molecule has 0 aliphatic heterocycles. The Hall–Kier alpha value is -1.14. The Morgan fingerprint density at radius 1 is 1.29 bits per heavy atom. The van der Waals surface area contributed by atoms with Crippen LogP contribution >= 0.6 is 15.9 Å². The van der Waals surface area contributed by atoms with Crippen molar-refractivity contribution in [3.63, 3.8) is 0 Å². The summed E-state index contributed by atoms with van der Waals surface area (Å²) in [5.41, 5.74) is 1.10. The minimum Gasteiger partial charge on any atom is -0.199 e. The molecule has 6 heteroatoms. The fourth-order valence-corrected chi connectivity index (χ4v) is 2.96.